The van der Waals surface area contributed by atoms with Gasteiger partial charge in [-0.2, -0.15) is 4.98 Å². The summed E-state index contributed by atoms with van der Waals surface area (Å²) in [6.45, 7) is 3.52. The third kappa shape index (κ3) is 2.48. The van der Waals surface area contributed by atoms with Gasteiger partial charge in [-0.3, -0.25) is 0 Å². The van der Waals surface area contributed by atoms with Gasteiger partial charge in [-0.1, -0.05) is 11.2 Å². The Bertz CT molecular complexity index is 577. The lowest BCUT2D eigenvalue weighted by atomic mass is 10.1. The number of carbonyl (C=O) groups is 1. The van der Waals surface area contributed by atoms with Crippen molar-refractivity contribution in [3.63, 3.8) is 0 Å². The summed E-state index contributed by atoms with van der Waals surface area (Å²) >= 11 is 0. The first-order chi connectivity index (χ1) is 8.58. The number of aromatic carboxylic acids is 1. The van der Waals surface area contributed by atoms with Gasteiger partial charge >= 0.3 is 5.97 Å². The molecule has 0 radical (unpaired) electrons. The van der Waals surface area contributed by atoms with Crippen molar-refractivity contribution in [3.05, 3.63) is 41.0 Å². The summed E-state index contributed by atoms with van der Waals surface area (Å²) in [5.74, 6) is 0.398. The molecule has 94 valence electrons. The minimum atomic E-state index is -0.980. The first-order valence-electron chi connectivity index (χ1n) is 5.33. The van der Waals surface area contributed by atoms with E-state index in [-0.39, 0.29) is 12.2 Å². The fourth-order valence-corrected chi connectivity index (χ4v) is 1.54. The highest BCUT2D eigenvalue weighted by molar-refractivity contribution is 5.90. The molecule has 1 aromatic heterocycles. The molecular formula is C12H12N2O4. The monoisotopic (exact) mass is 248 g/mol. The van der Waals surface area contributed by atoms with Gasteiger partial charge in [0.05, 0.1) is 5.56 Å². The SMILES string of the molecule is Cc1noc(COc2cccc(C(=O)O)c2C)n1. The second-order valence-electron chi connectivity index (χ2n) is 3.76. The van der Waals surface area contributed by atoms with E-state index in [1.165, 1.54) is 6.07 Å². The summed E-state index contributed by atoms with van der Waals surface area (Å²) in [5.41, 5.74) is 0.787. The number of aryl methyl sites for hydroxylation is 1. The van der Waals surface area contributed by atoms with Crippen molar-refractivity contribution in [2.75, 3.05) is 0 Å². The largest absolute Gasteiger partial charge is 0.483 e. The van der Waals surface area contributed by atoms with Crippen molar-refractivity contribution in [2.24, 2.45) is 0 Å². The third-order valence-corrected chi connectivity index (χ3v) is 2.44. The molecule has 6 heteroatoms. The Labute approximate surface area is 103 Å². The molecule has 0 aliphatic heterocycles. The smallest absolute Gasteiger partial charge is 0.336 e. The lowest BCUT2D eigenvalue weighted by molar-refractivity contribution is 0.0695. The molecule has 1 N–H and O–H groups in total. The van der Waals surface area contributed by atoms with E-state index in [0.717, 1.165) is 0 Å². The number of carboxylic acid groups (broad SMARTS) is 1. The number of carboxylic acids is 1. The van der Waals surface area contributed by atoms with Gasteiger partial charge in [0, 0.05) is 5.56 Å². The number of hydrogen-bond acceptors (Lipinski definition) is 5. The molecule has 0 bridgehead atoms. The number of hydrogen-bond donors (Lipinski definition) is 1. The minimum absolute atomic E-state index is 0.116. The van der Waals surface area contributed by atoms with E-state index in [9.17, 15) is 4.79 Å². The second-order valence-corrected chi connectivity index (χ2v) is 3.76. The maximum absolute atomic E-state index is 11.0. The Morgan fingerprint density at radius 1 is 1.44 bits per heavy atom. The Morgan fingerprint density at radius 2 is 2.22 bits per heavy atom. The molecule has 0 saturated heterocycles. The minimum Gasteiger partial charge on any atom is -0.483 e. The molecule has 2 rings (SSSR count). The first-order valence-corrected chi connectivity index (χ1v) is 5.33. The van der Waals surface area contributed by atoms with Crippen LogP contribution in [0.1, 0.15) is 27.6 Å². The molecule has 1 aromatic carbocycles. The maximum atomic E-state index is 11.0. The summed E-state index contributed by atoms with van der Waals surface area (Å²) in [6, 6.07) is 4.86. The van der Waals surface area contributed by atoms with Crippen molar-refractivity contribution in [1.82, 2.24) is 10.1 Å². The lowest BCUT2D eigenvalue weighted by Gasteiger charge is -2.08. The van der Waals surface area contributed by atoms with E-state index in [1.54, 1.807) is 26.0 Å². The third-order valence-electron chi connectivity index (χ3n) is 2.44. The quantitative estimate of drug-likeness (QED) is 0.890. The number of nitrogens with zero attached hydrogens (tertiary/aromatic N) is 2. The molecule has 0 aliphatic rings. The van der Waals surface area contributed by atoms with Crippen molar-refractivity contribution in [3.8, 4) is 5.75 Å². The van der Waals surface area contributed by atoms with E-state index in [1.807, 2.05) is 0 Å². The first kappa shape index (κ1) is 12.1. The highest BCUT2D eigenvalue weighted by Crippen LogP contribution is 2.22. The highest BCUT2D eigenvalue weighted by Gasteiger charge is 2.12. The maximum Gasteiger partial charge on any atom is 0.336 e. The number of aromatic nitrogens is 2. The Kier molecular flexibility index (Phi) is 3.27. The average Bonchev–Trinajstić information content (AvgIpc) is 2.73. The number of rotatable bonds is 4. The van der Waals surface area contributed by atoms with Crippen molar-refractivity contribution in [1.29, 1.82) is 0 Å². The van der Waals surface area contributed by atoms with Crippen LogP contribution in [0, 0.1) is 13.8 Å². The van der Waals surface area contributed by atoms with Gasteiger partial charge < -0.3 is 14.4 Å². The van der Waals surface area contributed by atoms with Crippen LogP contribution in [0.15, 0.2) is 22.7 Å². The molecule has 1 heterocycles. The molecule has 18 heavy (non-hydrogen) atoms. The highest BCUT2D eigenvalue weighted by atomic mass is 16.5. The topological polar surface area (TPSA) is 85.5 Å². The van der Waals surface area contributed by atoms with E-state index in [0.29, 0.717) is 23.0 Å². The van der Waals surface area contributed by atoms with E-state index < -0.39 is 5.97 Å². The Hall–Kier alpha value is -2.37. The van der Waals surface area contributed by atoms with Crippen LogP contribution in [-0.2, 0) is 6.61 Å². The van der Waals surface area contributed by atoms with Crippen molar-refractivity contribution >= 4 is 5.97 Å². The summed E-state index contributed by atoms with van der Waals surface area (Å²) in [6.07, 6.45) is 0. The van der Waals surface area contributed by atoms with Crippen molar-refractivity contribution in [2.45, 2.75) is 20.5 Å². The zero-order valence-electron chi connectivity index (χ0n) is 10.0. The number of benzene rings is 1. The van der Waals surface area contributed by atoms with Crippen LogP contribution in [0.3, 0.4) is 0 Å². The van der Waals surface area contributed by atoms with Crippen LogP contribution in [0.2, 0.25) is 0 Å². The van der Waals surface area contributed by atoms with E-state index >= 15 is 0 Å². The van der Waals surface area contributed by atoms with Gasteiger partial charge in [-0.05, 0) is 26.0 Å². The number of ether oxygens (including phenoxy) is 1. The summed E-state index contributed by atoms with van der Waals surface area (Å²) in [7, 11) is 0. The zero-order valence-corrected chi connectivity index (χ0v) is 10.0. The summed E-state index contributed by atoms with van der Waals surface area (Å²) in [5, 5.41) is 12.6. The molecule has 0 aliphatic carbocycles. The Morgan fingerprint density at radius 3 is 2.83 bits per heavy atom. The van der Waals surface area contributed by atoms with Gasteiger partial charge in [-0.25, -0.2) is 4.79 Å². The lowest BCUT2D eigenvalue weighted by Crippen LogP contribution is -2.03. The van der Waals surface area contributed by atoms with Crippen LogP contribution in [-0.4, -0.2) is 21.2 Å². The van der Waals surface area contributed by atoms with E-state index in [4.69, 9.17) is 14.4 Å². The Balaban J connectivity index is 2.14. The van der Waals surface area contributed by atoms with Crippen LogP contribution < -0.4 is 4.74 Å². The van der Waals surface area contributed by atoms with Gasteiger partial charge in [0.2, 0.25) is 0 Å². The molecule has 0 unspecified atom stereocenters. The van der Waals surface area contributed by atoms with Crippen LogP contribution in [0.5, 0.6) is 5.75 Å². The predicted molar refractivity (Wildman–Crippen MR) is 61.5 cm³/mol. The average molecular weight is 248 g/mol. The van der Waals surface area contributed by atoms with E-state index in [2.05, 4.69) is 10.1 Å². The van der Waals surface area contributed by atoms with Gasteiger partial charge in [0.15, 0.2) is 12.4 Å². The molecular weight excluding hydrogens is 236 g/mol. The molecule has 0 saturated carbocycles. The van der Waals surface area contributed by atoms with Crippen LogP contribution in [0.4, 0.5) is 0 Å². The molecule has 0 spiro atoms. The molecule has 6 nitrogen and oxygen atoms in total. The molecule has 0 fully saturated rings. The normalized spacial score (nSPS) is 10.3. The van der Waals surface area contributed by atoms with Crippen LogP contribution in [0.25, 0.3) is 0 Å². The van der Waals surface area contributed by atoms with Gasteiger partial charge in [0.25, 0.3) is 5.89 Å². The molecule has 0 amide bonds. The van der Waals surface area contributed by atoms with Crippen molar-refractivity contribution < 1.29 is 19.2 Å². The predicted octanol–water partition coefficient (Wildman–Crippen LogP) is 1.96. The fraction of sp³-hybridized carbons (Fsp3) is 0.250. The zero-order chi connectivity index (χ0) is 13.1. The fourth-order valence-electron chi connectivity index (χ4n) is 1.54. The molecule has 0 atom stereocenters. The van der Waals surface area contributed by atoms with Crippen LogP contribution >= 0.6 is 0 Å². The summed E-state index contributed by atoms with van der Waals surface area (Å²) < 4.78 is 10.4. The van der Waals surface area contributed by atoms with Gasteiger partial charge in [0.1, 0.15) is 5.75 Å². The second kappa shape index (κ2) is 4.87. The summed E-state index contributed by atoms with van der Waals surface area (Å²) in [4.78, 5) is 14.9. The standard InChI is InChI=1S/C12H12N2O4/c1-7-9(12(15)16)4-3-5-10(7)17-6-11-13-8(2)14-18-11/h3-5H,6H2,1-2H3,(H,15,16). The molecule has 2 aromatic rings. The van der Waals surface area contributed by atoms with Gasteiger partial charge in [-0.15, -0.1) is 0 Å².